The summed E-state index contributed by atoms with van der Waals surface area (Å²) in [5.41, 5.74) is 8.50. The van der Waals surface area contributed by atoms with Crippen molar-refractivity contribution in [3.8, 4) is 5.69 Å². The molecule has 1 aliphatic rings. The van der Waals surface area contributed by atoms with Crippen LogP contribution < -0.4 is 5.73 Å². The van der Waals surface area contributed by atoms with Crippen LogP contribution >= 0.6 is 0 Å². The lowest BCUT2D eigenvalue weighted by atomic mass is 10.1. The molecule has 4 rings (SSSR count). The van der Waals surface area contributed by atoms with Gasteiger partial charge in [0.1, 0.15) is 12.0 Å². The zero-order chi connectivity index (χ0) is 23.2. The van der Waals surface area contributed by atoms with E-state index in [2.05, 4.69) is 20.2 Å². The topological polar surface area (TPSA) is 112 Å². The van der Waals surface area contributed by atoms with E-state index in [9.17, 15) is 9.18 Å². The Labute approximate surface area is 190 Å². The van der Waals surface area contributed by atoms with Crippen molar-refractivity contribution in [3.63, 3.8) is 0 Å². The number of nitrogens with two attached hydrogens (primary N) is 1. The van der Waals surface area contributed by atoms with Crippen molar-refractivity contribution >= 4 is 17.9 Å². The second kappa shape index (κ2) is 10.1. The summed E-state index contributed by atoms with van der Waals surface area (Å²) < 4.78 is 19.0. The van der Waals surface area contributed by atoms with E-state index < -0.39 is 12.0 Å². The summed E-state index contributed by atoms with van der Waals surface area (Å²) in [5.74, 6) is -0.261. The molecule has 33 heavy (non-hydrogen) atoms. The summed E-state index contributed by atoms with van der Waals surface area (Å²) in [6, 6.07) is 8.32. The second-order valence-electron chi connectivity index (χ2n) is 7.56. The molecule has 0 bridgehead atoms. The van der Waals surface area contributed by atoms with Crippen molar-refractivity contribution in [3.05, 3.63) is 77.6 Å². The minimum atomic E-state index is -0.521. The van der Waals surface area contributed by atoms with Crippen molar-refractivity contribution in [1.29, 1.82) is 0 Å². The van der Waals surface area contributed by atoms with Crippen LogP contribution in [0.2, 0.25) is 0 Å². The van der Waals surface area contributed by atoms with Crippen LogP contribution in [0.1, 0.15) is 28.8 Å². The number of hydrogen-bond acceptors (Lipinski definition) is 7. The highest BCUT2D eigenvalue weighted by molar-refractivity contribution is 5.98. The monoisotopic (exact) mass is 449 g/mol. The number of benzene rings is 1. The normalized spacial score (nSPS) is 17.0. The fourth-order valence-corrected chi connectivity index (χ4v) is 3.54. The number of halogens is 1. The number of pyridine rings is 1. The average molecular weight is 449 g/mol. The summed E-state index contributed by atoms with van der Waals surface area (Å²) in [6.45, 7) is 3.00. The van der Waals surface area contributed by atoms with Crippen LogP contribution in [0, 0.1) is 12.7 Å². The number of carbonyl (C=O) groups is 1. The molecule has 170 valence electrons. The van der Waals surface area contributed by atoms with Crippen LogP contribution in [0.3, 0.4) is 0 Å². The summed E-state index contributed by atoms with van der Waals surface area (Å²) >= 11 is 0. The van der Waals surface area contributed by atoms with E-state index in [1.165, 1.54) is 23.1 Å². The molecule has 1 amide bonds. The first-order valence-electron chi connectivity index (χ1n) is 10.5. The van der Waals surface area contributed by atoms with E-state index in [1.54, 1.807) is 23.5 Å². The molecule has 1 saturated heterocycles. The highest BCUT2D eigenvalue weighted by Crippen LogP contribution is 2.24. The first-order valence-corrected chi connectivity index (χ1v) is 10.5. The van der Waals surface area contributed by atoms with Crippen LogP contribution in [0.4, 0.5) is 10.2 Å². The van der Waals surface area contributed by atoms with Gasteiger partial charge >= 0.3 is 0 Å². The van der Waals surface area contributed by atoms with Gasteiger partial charge in [-0.25, -0.2) is 14.4 Å². The van der Waals surface area contributed by atoms with Gasteiger partial charge in [-0.3, -0.25) is 4.79 Å². The van der Waals surface area contributed by atoms with Gasteiger partial charge in [0.25, 0.3) is 5.91 Å². The zero-order valence-electron chi connectivity index (χ0n) is 18.1. The fourth-order valence-electron chi connectivity index (χ4n) is 3.54. The SMILES string of the molecule is Cc1ccc(-n2nccn2)c(C(=O)N2CCCOC2C/C(C=Nc2ccc(F)cn2)=C/N)c1. The number of rotatable bonds is 6. The predicted octanol–water partition coefficient (Wildman–Crippen LogP) is 2.93. The van der Waals surface area contributed by atoms with Crippen LogP contribution in [-0.2, 0) is 4.74 Å². The first kappa shape index (κ1) is 22.3. The third kappa shape index (κ3) is 5.29. The molecule has 3 heterocycles. The number of amides is 1. The molecule has 3 aromatic rings. The fraction of sp³-hybridized carbons (Fsp3) is 0.261. The minimum absolute atomic E-state index is 0.177. The van der Waals surface area contributed by atoms with Gasteiger partial charge in [0, 0.05) is 19.2 Å². The van der Waals surface area contributed by atoms with Gasteiger partial charge in [-0.05, 0) is 49.4 Å². The Hall–Kier alpha value is -3.92. The smallest absolute Gasteiger partial charge is 0.258 e. The summed E-state index contributed by atoms with van der Waals surface area (Å²) in [5, 5.41) is 8.35. The van der Waals surface area contributed by atoms with Gasteiger partial charge < -0.3 is 15.4 Å². The van der Waals surface area contributed by atoms with E-state index in [0.717, 1.165) is 18.2 Å². The number of aromatic nitrogens is 4. The molecule has 2 aromatic heterocycles. The van der Waals surface area contributed by atoms with E-state index in [4.69, 9.17) is 10.5 Å². The molecule has 1 aromatic carbocycles. The molecule has 9 nitrogen and oxygen atoms in total. The summed E-state index contributed by atoms with van der Waals surface area (Å²) in [4.78, 5) is 24.9. The van der Waals surface area contributed by atoms with E-state index >= 15 is 0 Å². The highest BCUT2D eigenvalue weighted by atomic mass is 19.1. The number of carbonyl (C=O) groups excluding carboxylic acids is 1. The molecule has 10 heteroatoms. The molecule has 0 radical (unpaired) electrons. The summed E-state index contributed by atoms with van der Waals surface area (Å²) in [6.07, 6.45) is 7.73. The lowest BCUT2D eigenvalue weighted by Gasteiger charge is -2.36. The van der Waals surface area contributed by atoms with Crippen molar-refractivity contribution in [2.75, 3.05) is 13.2 Å². The lowest BCUT2D eigenvalue weighted by Crippen LogP contribution is -2.47. The molecule has 0 saturated carbocycles. The first-order chi connectivity index (χ1) is 16.0. The molecular weight excluding hydrogens is 425 g/mol. The second-order valence-corrected chi connectivity index (χ2v) is 7.56. The molecule has 1 fully saturated rings. The van der Waals surface area contributed by atoms with Crippen LogP contribution in [-0.4, -0.2) is 56.4 Å². The predicted molar refractivity (Wildman–Crippen MR) is 121 cm³/mol. The van der Waals surface area contributed by atoms with Gasteiger partial charge in [0.15, 0.2) is 5.82 Å². The number of ether oxygens (including phenoxy) is 1. The van der Waals surface area contributed by atoms with Crippen LogP contribution in [0.5, 0.6) is 0 Å². The standard InChI is InChI=1S/C23H24FN7O2/c1-16-3-5-20(31-28-7-8-29-31)19(11-16)23(32)30-9-2-10-33-22(30)12-17(13-25)14-26-21-6-4-18(24)15-27-21/h3-8,11,13-15,22H,2,9-10,12,25H2,1H3/b17-13-,26-14?. The third-order valence-corrected chi connectivity index (χ3v) is 5.18. The number of aliphatic imine (C=N–C) groups is 1. The Kier molecular flexibility index (Phi) is 6.84. The molecule has 0 spiro atoms. The van der Waals surface area contributed by atoms with Gasteiger partial charge in [-0.2, -0.15) is 15.0 Å². The van der Waals surface area contributed by atoms with Gasteiger partial charge in [0.05, 0.1) is 36.4 Å². The Morgan fingerprint density at radius 2 is 2.12 bits per heavy atom. The minimum Gasteiger partial charge on any atom is -0.404 e. The Morgan fingerprint density at radius 3 is 2.85 bits per heavy atom. The van der Waals surface area contributed by atoms with Crippen molar-refractivity contribution < 1.29 is 13.9 Å². The Morgan fingerprint density at radius 1 is 1.30 bits per heavy atom. The molecule has 1 atom stereocenters. The lowest BCUT2D eigenvalue weighted by molar-refractivity contribution is -0.0754. The number of nitrogens with zero attached hydrogens (tertiary/aromatic N) is 6. The molecule has 1 aliphatic heterocycles. The van der Waals surface area contributed by atoms with Crippen molar-refractivity contribution in [2.24, 2.45) is 10.7 Å². The van der Waals surface area contributed by atoms with Crippen LogP contribution in [0.15, 0.2) is 65.7 Å². The maximum absolute atomic E-state index is 13.6. The van der Waals surface area contributed by atoms with E-state index in [1.807, 2.05) is 25.1 Å². The molecule has 2 N–H and O–H groups in total. The zero-order valence-corrected chi connectivity index (χ0v) is 18.1. The van der Waals surface area contributed by atoms with Gasteiger partial charge in [-0.1, -0.05) is 11.6 Å². The largest absolute Gasteiger partial charge is 0.404 e. The Bertz CT molecular complexity index is 1160. The van der Waals surface area contributed by atoms with Crippen molar-refractivity contribution in [2.45, 2.75) is 26.0 Å². The summed E-state index contributed by atoms with van der Waals surface area (Å²) in [7, 11) is 0. The van der Waals surface area contributed by atoms with E-state index in [0.29, 0.717) is 42.2 Å². The van der Waals surface area contributed by atoms with Crippen molar-refractivity contribution in [1.82, 2.24) is 24.9 Å². The molecular formula is C23H24FN7O2. The number of aryl methyl sites for hydroxylation is 1. The third-order valence-electron chi connectivity index (χ3n) is 5.18. The van der Waals surface area contributed by atoms with Gasteiger partial charge in [-0.15, -0.1) is 0 Å². The average Bonchev–Trinajstić information content (AvgIpc) is 3.37. The maximum Gasteiger partial charge on any atom is 0.258 e. The number of hydrogen-bond donors (Lipinski definition) is 1. The Balaban J connectivity index is 1.56. The maximum atomic E-state index is 13.6. The van der Waals surface area contributed by atoms with Crippen LogP contribution in [0.25, 0.3) is 5.69 Å². The highest BCUT2D eigenvalue weighted by Gasteiger charge is 2.30. The van der Waals surface area contributed by atoms with Gasteiger partial charge in [0.2, 0.25) is 0 Å². The molecule has 0 aliphatic carbocycles. The quantitative estimate of drug-likeness (QED) is 0.579. The molecule has 1 unspecified atom stereocenters. The van der Waals surface area contributed by atoms with E-state index in [-0.39, 0.29) is 5.91 Å².